The first-order valence-electron chi connectivity index (χ1n) is 2.41. The number of rotatable bonds is 2. The zero-order chi connectivity index (χ0) is 6.41. The topological polar surface area (TPSA) is 24.7 Å². The minimum Gasteiger partial charge on any atom is -0.160 e. The molecule has 0 radical (unpaired) electrons. The van der Waals surface area contributed by atoms with Crippen molar-refractivity contribution >= 4 is 0 Å². The Morgan fingerprint density at radius 2 is 2.00 bits per heavy atom. The van der Waals surface area contributed by atoms with Gasteiger partial charge in [0, 0.05) is 12.4 Å². The van der Waals surface area contributed by atoms with Crippen LogP contribution in [0.2, 0.25) is 0 Å². The smallest absolute Gasteiger partial charge is 0.0482 e. The normalized spacial score (nSPS) is 9.25. The van der Waals surface area contributed by atoms with Crippen LogP contribution in [0.5, 0.6) is 0 Å². The Kier molecular flexibility index (Phi) is 3.76. The predicted octanol–water partition coefficient (Wildman–Crippen LogP) is 2.51. The zero-order valence-electron chi connectivity index (χ0n) is 5.26. The molecular formula is C6H10N2. The van der Waals surface area contributed by atoms with Crippen molar-refractivity contribution in [2.75, 3.05) is 0 Å². The molecule has 0 aliphatic heterocycles. The lowest BCUT2D eigenvalue weighted by molar-refractivity contribution is 1.19. The fourth-order valence-electron chi connectivity index (χ4n) is 0.196. The van der Waals surface area contributed by atoms with Gasteiger partial charge < -0.3 is 0 Å². The molecule has 0 aliphatic carbocycles. The highest BCUT2D eigenvalue weighted by atomic mass is 15.1. The molecule has 0 bridgehead atoms. The fraction of sp³-hybridized carbons (Fsp3) is 0.333. The molecule has 0 unspecified atom stereocenters. The Bertz CT molecular complexity index is 118. The molecule has 0 aromatic rings. The average Bonchev–Trinajstić information content (AvgIpc) is 1.66. The van der Waals surface area contributed by atoms with Crippen molar-refractivity contribution in [1.82, 2.24) is 0 Å². The van der Waals surface area contributed by atoms with E-state index in [0.717, 1.165) is 5.57 Å². The molecule has 0 aromatic heterocycles. The SMILES string of the molecule is C=C/N=N\C=C(C)C. The molecular weight excluding hydrogens is 100 g/mol. The summed E-state index contributed by atoms with van der Waals surface area (Å²) in [6.07, 6.45) is 3.08. The van der Waals surface area contributed by atoms with Crippen LogP contribution in [0.15, 0.2) is 34.8 Å². The summed E-state index contributed by atoms with van der Waals surface area (Å²) in [4.78, 5) is 0. The fourth-order valence-corrected chi connectivity index (χ4v) is 0.196. The largest absolute Gasteiger partial charge is 0.160 e. The first-order valence-corrected chi connectivity index (χ1v) is 2.41. The average molecular weight is 110 g/mol. The molecule has 0 saturated heterocycles. The summed E-state index contributed by atoms with van der Waals surface area (Å²) in [6, 6.07) is 0. The van der Waals surface area contributed by atoms with Gasteiger partial charge in [0.05, 0.1) is 0 Å². The molecule has 0 aliphatic rings. The second-order valence-corrected chi connectivity index (χ2v) is 1.62. The summed E-state index contributed by atoms with van der Waals surface area (Å²) in [7, 11) is 0. The van der Waals surface area contributed by atoms with Crippen LogP contribution in [0, 0.1) is 0 Å². The molecule has 0 aromatic carbocycles. The van der Waals surface area contributed by atoms with E-state index in [1.807, 2.05) is 13.8 Å². The quantitative estimate of drug-likeness (QED) is 0.488. The lowest BCUT2D eigenvalue weighted by Gasteiger charge is -1.77. The number of nitrogens with zero attached hydrogens (tertiary/aromatic N) is 2. The van der Waals surface area contributed by atoms with Crippen LogP contribution in [-0.4, -0.2) is 0 Å². The first-order chi connectivity index (χ1) is 3.77. The van der Waals surface area contributed by atoms with E-state index in [4.69, 9.17) is 0 Å². The standard InChI is InChI=1S/C6H10N2/c1-4-7-8-5-6(2)3/h4-5H,1H2,2-3H3/b8-7-. The van der Waals surface area contributed by atoms with Crippen LogP contribution in [0.3, 0.4) is 0 Å². The van der Waals surface area contributed by atoms with Crippen molar-refractivity contribution in [3.8, 4) is 0 Å². The molecule has 8 heavy (non-hydrogen) atoms. The van der Waals surface area contributed by atoms with E-state index in [1.54, 1.807) is 6.20 Å². The van der Waals surface area contributed by atoms with Gasteiger partial charge in [0.25, 0.3) is 0 Å². The molecule has 0 rings (SSSR count). The Labute approximate surface area is 49.6 Å². The van der Waals surface area contributed by atoms with Crippen LogP contribution < -0.4 is 0 Å². The maximum absolute atomic E-state index is 3.63. The van der Waals surface area contributed by atoms with Crippen molar-refractivity contribution in [1.29, 1.82) is 0 Å². The summed E-state index contributed by atoms with van der Waals surface area (Å²) in [6.45, 7) is 7.29. The monoisotopic (exact) mass is 110 g/mol. The summed E-state index contributed by atoms with van der Waals surface area (Å²) >= 11 is 0. The van der Waals surface area contributed by atoms with Gasteiger partial charge in [0.1, 0.15) is 0 Å². The molecule has 0 amide bonds. The molecule has 0 heterocycles. The minimum absolute atomic E-state index is 1.13. The van der Waals surface area contributed by atoms with E-state index in [-0.39, 0.29) is 0 Å². The highest BCUT2D eigenvalue weighted by Gasteiger charge is 1.67. The minimum atomic E-state index is 1.13. The van der Waals surface area contributed by atoms with Crippen LogP contribution in [-0.2, 0) is 0 Å². The third-order valence-corrected chi connectivity index (χ3v) is 0.464. The van der Waals surface area contributed by atoms with Crippen molar-refractivity contribution in [3.63, 3.8) is 0 Å². The lowest BCUT2D eigenvalue weighted by atomic mass is 10.4. The zero-order valence-corrected chi connectivity index (χ0v) is 5.26. The van der Waals surface area contributed by atoms with E-state index in [2.05, 4.69) is 16.8 Å². The highest BCUT2D eigenvalue weighted by Crippen LogP contribution is 1.88. The molecule has 2 nitrogen and oxygen atoms in total. The molecule has 44 valence electrons. The lowest BCUT2D eigenvalue weighted by Crippen LogP contribution is -1.56. The summed E-state index contributed by atoms with van der Waals surface area (Å²) in [5, 5.41) is 7.16. The number of azo groups is 1. The summed E-state index contributed by atoms with van der Waals surface area (Å²) in [5.41, 5.74) is 1.13. The molecule has 0 saturated carbocycles. The summed E-state index contributed by atoms with van der Waals surface area (Å²) in [5.74, 6) is 0. The maximum Gasteiger partial charge on any atom is 0.0482 e. The Balaban J connectivity index is 3.57. The van der Waals surface area contributed by atoms with E-state index in [1.165, 1.54) is 6.20 Å². The second kappa shape index (κ2) is 4.24. The van der Waals surface area contributed by atoms with E-state index in [0.29, 0.717) is 0 Å². The van der Waals surface area contributed by atoms with Gasteiger partial charge in [-0.1, -0.05) is 12.2 Å². The highest BCUT2D eigenvalue weighted by molar-refractivity contribution is 4.90. The number of hydrogen-bond acceptors (Lipinski definition) is 2. The molecule has 2 heteroatoms. The van der Waals surface area contributed by atoms with Gasteiger partial charge in [-0.25, -0.2) is 0 Å². The van der Waals surface area contributed by atoms with Gasteiger partial charge in [-0.3, -0.25) is 0 Å². The Morgan fingerprint density at radius 1 is 1.38 bits per heavy atom. The maximum atomic E-state index is 3.63. The van der Waals surface area contributed by atoms with E-state index in [9.17, 15) is 0 Å². The van der Waals surface area contributed by atoms with Gasteiger partial charge in [0.2, 0.25) is 0 Å². The van der Waals surface area contributed by atoms with Gasteiger partial charge in [-0.2, -0.15) is 10.2 Å². The predicted molar refractivity (Wildman–Crippen MR) is 34.5 cm³/mol. The van der Waals surface area contributed by atoms with Gasteiger partial charge in [-0.05, 0) is 13.8 Å². The van der Waals surface area contributed by atoms with Crippen molar-refractivity contribution in [2.24, 2.45) is 10.2 Å². The van der Waals surface area contributed by atoms with Crippen LogP contribution >= 0.6 is 0 Å². The number of allylic oxidation sites excluding steroid dienone is 1. The van der Waals surface area contributed by atoms with Crippen LogP contribution in [0.1, 0.15) is 13.8 Å². The second-order valence-electron chi connectivity index (χ2n) is 1.62. The molecule has 0 spiro atoms. The Morgan fingerprint density at radius 3 is 2.38 bits per heavy atom. The number of hydrogen-bond donors (Lipinski definition) is 0. The van der Waals surface area contributed by atoms with Crippen LogP contribution in [0.25, 0.3) is 0 Å². The summed E-state index contributed by atoms with van der Waals surface area (Å²) < 4.78 is 0. The van der Waals surface area contributed by atoms with Crippen molar-refractivity contribution in [2.45, 2.75) is 13.8 Å². The van der Waals surface area contributed by atoms with Gasteiger partial charge in [0.15, 0.2) is 0 Å². The molecule has 0 N–H and O–H groups in total. The van der Waals surface area contributed by atoms with E-state index < -0.39 is 0 Å². The van der Waals surface area contributed by atoms with Gasteiger partial charge in [-0.15, -0.1) is 0 Å². The third kappa shape index (κ3) is 5.08. The molecule has 0 atom stereocenters. The van der Waals surface area contributed by atoms with E-state index >= 15 is 0 Å². The first kappa shape index (κ1) is 7.08. The van der Waals surface area contributed by atoms with Crippen LogP contribution in [0.4, 0.5) is 0 Å². The Hall–Kier alpha value is -0.920. The van der Waals surface area contributed by atoms with Crippen molar-refractivity contribution < 1.29 is 0 Å². The van der Waals surface area contributed by atoms with Gasteiger partial charge >= 0.3 is 0 Å². The molecule has 0 fully saturated rings. The van der Waals surface area contributed by atoms with Crippen molar-refractivity contribution in [3.05, 3.63) is 24.6 Å². The third-order valence-electron chi connectivity index (χ3n) is 0.464.